The second kappa shape index (κ2) is 6.24. The van der Waals surface area contributed by atoms with Gasteiger partial charge in [0.25, 0.3) is 5.91 Å². The van der Waals surface area contributed by atoms with E-state index in [0.717, 1.165) is 27.8 Å². The van der Waals surface area contributed by atoms with E-state index in [0.29, 0.717) is 18.8 Å². The molecule has 3 rings (SSSR count). The highest BCUT2D eigenvalue weighted by molar-refractivity contribution is 9.10. The fraction of sp³-hybridized carbons (Fsp3) is 0.529. The van der Waals surface area contributed by atoms with Gasteiger partial charge in [0.05, 0.1) is 22.4 Å². The van der Waals surface area contributed by atoms with E-state index in [1.54, 1.807) is 0 Å². The molecule has 0 bridgehead atoms. The molecule has 3 heterocycles. The average Bonchev–Trinajstić information content (AvgIpc) is 2.84. The van der Waals surface area contributed by atoms with E-state index in [9.17, 15) is 4.79 Å². The molecule has 1 fully saturated rings. The molecule has 2 unspecified atom stereocenters. The monoisotopic (exact) mass is 379 g/mol. The third-order valence-corrected chi connectivity index (χ3v) is 4.71. The summed E-state index contributed by atoms with van der Waals surface area (Å²) in [7, 11) is 0. The Kier molecular flexibility index (Phi) is 4.47. The van der Waals surface area contributed by atoms with Gasteiger partial charge >= 0.3 is 0 Å². The van der Waals surface area contributed by atoms with Gasteiger partial charge in [0, 0.05) is 19.3 Å². The normalized spacial score (nSPS) is 21.9. The predicted octanol–water partition coefficient (Wildman–Crippen LogP) is 3.22. The highest BCUT2D eigenvalue weighted by atomic mass is 79.9. The average molecular weight is 380 g/mol. The van der Waals surface area contributed by atoms with E-state index >= 15 is 0 Å². The van der Waals surface area contributed by atoms with E-state index in [4.69, 9.17) is 4.74 Å². The van der Waals surface area contributed by atoms with E-state index in [-0.39, 0.29) is 18.1 Å². The molecule has 1 aliphatic rings. The lowest BCUT2D eigenvalue weighted by Gasteiger charge is -2.35. The zero-order valence-corrected chi connectivity index (χ0v) is 15.6. The van der Waals surface area contributed by atoms with Crippen LogP contribution in [0.3, 0.4) is 0 Å². The fourth-order valence-electron chi connectivity index (χ4n) is 3.25. The Balaban J connectivity index is 2.09. The molecule has 1 saturated heterocycles. The number of amides is 1. The lowest BCUT2D eigenvalue weighted by atomic mass is 10.2. The molecular weight excluding hydrogens is 358 g/mol. The molecule has 0 aromatic carbocycles. The number of aryl methyl sites for hydroxylation is 2. The highest BCUT2D eigenvalue weighted by Gasteiger charge is 2.30. The van der Waals surface area contributed by atoms with Gasteiger partial charge in [0.15, 0.2) is 5.65 Å². The summed E-state index contributed by atoms with van der Waals surface area (Å²) < 4.78 is 8.58. The Morgan fingerprint density at radius 2 is 2.04 bits per heavy atom. The third kappa shape index (κ3) is 3.02. The molecule has 6 heteroatoms. The van der Waals surface area contributed by atoms with Crippen LogP contribution in [0.15, 0.2) is 16.7 Å². The van der Waals surface area contributed by atoms with Gasteiger partial charge in [-0.05, 0) is 54.8 Å². The number of morpholine rings is 1. The first-order chi connectivity index (χ1) is 10.9. The minimum absolute atomic E-state index is 0.0360. The molecule has 1 aliphatic heterocycles. The van der Waals surface area contributed by atoms with Gasteiger partial charge in [-0.2, -0.15) is 0 Å². The van der Waals surface area contributed by atoms with Crippen molar-refractivity contribution < 1.29 is 9.53 Å². The van der Waals surface area contributed by atoms with Gasteiger partial charge in [-0.3, -0.25) is 9.20 Å². The minimum atomic E-state index is 0.0360. The molecule has 0 radical (unpaired) electrons. The summed E-state index contributed by atoms with van der Waals surface area (Å²) in [5.41, 5.74) is 3.40. The molecule has 124 valence electrons. The maximum Gasteiger partial charge on any atom is 0.272 e. The molecular formula is C17H22BrN3O2. The van der Waals surface area contributed by atoms with E-state index < -0.39 is 0 Å². The Morgan fingerprint density at radius 1 is 1.39 bits per heavy atom. The highest BCUT2D eigenvalue weighted by Crippen LogP contribution is 2.25. The lowest BCUT2D eigenvalue weighted by molar-refractivity contribution is -0.0587. The number of hydrogen-bond acceptors (Lipinski definition) is 3. The Bertz CT molecular complexity index is 746. The topological polar surface area (TPSA) is 46.8 Å². The van der Waals surface area contributed by atoms with E-state index in [1.165, 1.54) is 0 Å². The second-order valence-corrected chi connectivity index (χ2v) is 7.14. The Labute approximate surface area is 144 Å². The van der Waals surface area contributed by atoms with Crippen LogP contribution in [0.4, 0.5) is 0 Å². The number of halogens is 1. The van der Waals surface area contributed by atoms with Crippen molar-refractivity contribution >= 4 is 27.5 Å². The molecule has 2 aromatic rings. The molecule has 0 saturated carbocycles. The molecule has 5 nitrogen and oxygen atoms in total. The van der Waals surface area contributed by atoms with E-state index in [1.807, 2.05) is 49.3 Å². The van der Waals surface area contributed by atoms with Crippen molar-refractivity contribution in [1.29, 1.82) is 0 Å². The smallest absolute Gasteiger partial charge is 0.272 e. The van der Waals surface area contributed by atoms with Gasteiger partial charge < -0.3 is 9.64 Å². The summed E-state index contributed by atoms with van der Waals surface area (Å²) in [6.45, 7) is 9.30. The van der Waals surface area contributed by atoms with Gasteiger partial charge in [0.1, 0.15) is 5.69 Å². The van der Waals surface area contributed by atoms with Crippen LogP contribution in [-0.4, -0.2) is 45.5 Å². The van der Waals surface area contributed by atoms with Crippen LogP contribution in [0.2, 0.25) is 0 Å². The fourth-order valence-corrected chi connectivity index (χ4v) is 3.89. The molecule has 0 spiro atoms. The van der Waals surface area contributed by atoms with E-state index in [2.05, 4.69) is 20.9 Å². The van der Waals surface area contributed by atoms with Crippen molar-refractivity contribution in [3.63, 3.8) is 0 Å². The summed E-state index contributed by atoms with van der Waals surface area (Å²) in [4.78, 5) is 19.7. The van der Waals surface area contributed by atoms with Crippen LogP contribution in [0, 0.1) is 6.92 Å². The standard InChI is InChI=1S/C17H22BrN3O2/c1-5-14-15(17(22)20-8-11(3)23-12(4)9-20)21-7-10(2)6-13(18)16(21)19-14/h6-7,11-12H,5,8-9H2,1-4H3. The predicted molar refractivity (Wildman–Crippen MR) is 92.9 cm³/mol. The summed E-state index contributed by atoms with van der Waals surface area (Å²) >= 11 is 3.56. The second-order valence-electron chi connectivity index (χ2n) is 6.29. The first-order valence-electron chi connectivity index (χ1n) is 8.02. The van der Waals surface area contributed by atoms with Crippen molar-refractivity contribution in [2.45, 2.75) is 46.3 Å². The van der Waals surface area contributed by atoms with Crippen molar-refractivity contribution in [3.8, 4) is 0 Å². The Morgan fingerprint density at radius 3 is 2.65 bits per heavy atom. The van der Waals surface area contributed by atoms with Crippen LogP contribution < -0.4 is 0 Å². The number of nitrogens with zero attached hydrogens (tertiary/aromatic N) is 3. The number of aromatic nitrogens is 2. The summed E-state index contributed by atoms with van der Waals surface area (Å²) in [6, 6.07) is 2.02. The SMILES string of the molecule is CCc1nc2c(Br)cc(C)cn2c1C(=O)N1CC(C)OC(C)C1. The van der Waals surface area contributed by atoms with Crippen molar-refractivity contribution in [2.24, 2.45) is 0 Å². The Hall–Kier alpha value is -1.40. The largest absolute Gasteiger partial charge is 0.372 e. The number of rotatable bonds is 2. The van der Waals surface area contributed by atoms with Crippen LogP contribution in [-0.2, 0) is 11.2 Å². The molecule has 0 N–H and O–H groups in total. The minimum Gasteiger partial charge on any atom is -0.372 e. The van der Waals surface area contributed by atoms with Crippen molar-refractivity contribution in [3.05, 3.63) is 33.7 Å². The zero-order chi connectivity index (χ0) is 16.7. The maximum atomic E-state index is 13.2. The van der Waals surface area contributed by atoms with Crippen molar-refractivity contribution in [1.82, 2.24) is 14.3 Å². The van der Waals surface area contributed by atoms with Gasteiger partial charge in [-0.15, -0.1) is 0 Å². The van der Waals surface area contributed by atoms with Gasteiger partial charge in [0.2, 0.25) is 0 Å². The molecule has 23 heavy (non-hydrogen) atoms. The number of pyridine rings is 1. The van der Waals surface area contributed by atoms with Gasteiger partial charge in [-0.1, -0.05) is 6.92 Å². The first-order valence-corrected chi connectivity index (χ1v) is 8.81. The number of imidazole rings is 1. The van der Waals surface area contributed by atoms with Crippen molar-refractivity contribution in [2.75, 3.05) is 13.1 Å². The number of fused-ring (bicyclic) bond motifs is 1. The summed E-state index contributed by atoms with van der Waals surface area (Å²) in [6.07, 6.45) is 2.82. The summed E-state index contributed by atoms with van der Waals surface area (Å²) in [5, 5.41) is 0. The number of carbonyl (C=O) groups is 1. The maximum absolute atomic E-state index is 13.2. The number of hydrogen-bond donors (Lipinski definition) is 0. The first kappa shape index (κ1) is 16.5. The zero-order valence-electron chi connectivity index (χ0n) is 14.0. The third-order valence-electron chi connectivity index (χ3n) is 4.13. The molecule has 1 amide bonds. The van der Waals surface area contributed by atoms with Crippen LogP contribution in [0.1, 0.15) is 42.5 Å². The number of ether oxygens (including phenoxy) is 1. The number of carbonyl (C=O) groups excluding carboxylic acids is 1. The van der Waals surface area contributed by atoms with Gasteiger partial charge in [-0.25, -0.2) is 4.98 Å². The molecule has 2 aromatic heterocycles. The molecule has 2 atom stereocenters. The van der Waals surface area contributed by atoms with Crippen LogP contribution in [0.25, 0.3) is 5.65 Å². The quantitative estimate of drug-likeness (QED) is 0.804. The van der Waals surface area contributed by atoms with Crippen LogP contribution in [0.5, 0.6) is 0 Å². The van der Waals surface area contributed by atoms with Crippen LogP contribution >= 0.6 is 15.9 Å². The summed E-state index contributed by atoms with van der Waals surface area (Å²) in [5.74, 6) is 0.0360. The lowest BCUT2D eigenvalue weighted by Crippen LogP contribution is -2.48. The molecule has 0 aliphatic carbocycles.